The fourth-order valence-corrected chi connectivity index (χ4v) is 6.31. The molecule has 1 fully saturated rings. The highest BCUT2D eigenvalue weighted by molar-refractivity contribution is 6.12. The van der Waals surface area contributed by atoms with Crippen molar-refractivity contribution in [2.45, 2.75) is 64.0 Å². The summed E-state index contributed by atoms with van der Waals surface area (Å²) in [4.78, 5) is 32.9. The van der Waals surface area contributed by atoms with Crippen molar-refractivity contribution in [1.29, 1.82) is 0 Å². The van der Waals surface area contributed by atoms with E-state index in [0.717, 1.165) is 78.9 Å². The third-order valence-electron chi connectivity index (χ3n) is 8.32. The predicted octanol–water partition coefficient (Wildman–Crippen LogP) is 4.70. The van der Waals surface area contributed by atoms with Crippen LogP contribution in [0, 0.1) is 0 Å². The van der Waals surface area contributed by atoms with E-state index in [9.17, 15) is 9.90 Å². The minimum Gasteiger partial charge on any atom is -0.392 e. The molecule has 2 aromatic heterocycles. The standard InChI is InChI=1S/C31H36N6O2/c1-19(2)28-25-13-22(21-8-10-37(11-9-21)16-20-14-32-31(39)33-15-20)6-7-26(25)36-30(28)23-4-3-5-27-29(35-18-34-27)24(12-23)17-38/h4,6-7,12-15,18-19,21,27,36,38H,3,5,8-11,16-17H2,1-2H3,(H,32,33,39)/b23-4+,24-12-. The Labute approximate surface area is 228 Å². The average molecular weight is 525 g/mol. The van der Waals surface area contributed by atoms with Crippen LogP contribution in [0.2, 0.25) is 0 Å². The van der Waals surface area contributed by atoms with Crippen LogP contribution in [-0.2, 0) is 6.54 Å². The number of aromatic amines is 2. The number of nitrogens with zero attached hydrogens (tertiary/aromatic N) is 4. The maximum absolute atomic E-state index is 11.3. The zero-order valence-corrected chi connectivity index (χ0v) is 22.7. The molecule has 3 aromatic rings. The van der Waals surface area contributed by atoms with Gasteiger partial charge in [0.05, 0.1) is 18.4 Å². The number of aliphatic imine (C=N–C) groups is 2. The second-order valence-electron chi connectivity index (χ2n) is 11.2. The van der Waals surface area contributed by atoms with Gasteiger partial charge >= 0.3 is 5.69 Å². The number of benzene rings is 1. The van der Waals surface area contributed by atoms with Crippen molar-refractivity contribution in [1.82, 2.24) is 19.9 Å². The number of rotatable bonds is 6. The Kier molecular flexibility index (Phi) is 7.14. The highest BCUT2D eigenvalue weighted by atomic mass is 16.3. The first-order valence-corrected chi connectivity index (χ1v) is 14.0. The topological polar surface area (TPSA) is 110 Å². The van der Waals surface area contributed by atoms with Crippen LogP contribution in [0.1, 0.15) is 73.8 Å². The van der Waals surface area contributed by atoms with Gasteiger partial charge in [-0.1, -0.05) is 26.0 Å². The molecule has 1 aromatic carbocycles. The van der Waals surface area contributed by atoms with Gasteiger partial charge in [0.2, 0.25) is 0 Å². The van der Waals surface area contributed by atoms with Gasteiger partial charge < -0.3 is 15.1 Å². The Morgan fingerprint density at radius 3 is 2.77 bits per heavy atom. The first kappa shape index (κ1) is 25.6. The molecule has 0 saturated carbocycles. The second kappa shape index (κ2) is 10.9. The summed E-state index contributed by atoms with van der Waals surface area (Å²) in [6.45, 7) is 7.32. The molecule has 202 valence electrons. The van der Waals surface area contributed by atoms with E-state index in [1.807, 2.05) is 0 Å². The summed E-state index contributed by atoms with van der Waals surface area (Å²) in [7, 11) is 0. The monoisotopic (exact) mass is 524 g/mol. The lowest BCUT2D eigenvalue weighted by Gasteiger charge is -2.32. The van der Waals surface area contributed by atoms with Crippen LogP contribution in [0.15, 0.2) is 63.1 Å². The van der Waals surface area contributed by atoms with Crippen molar-refractivity contribution in [3.05, 3.63) is 81.2 Å². The van der Waals surface area contributed by atoms with Gasteiger partial charge in [0, 0.05) is 46.7 Å². The third kappa shape index (κ3) is 5.18. The van der Waals surface area contributed by atoms with E-state index in [1.54, 1.807) is 18.7 Å². The van der Waals surface area contributed by atoms with Gasteiger partial charge in [-0.15, -0.1) is 0 Å². The molecule has 0 spiro atoms. The number of aliphatic hydroxyl groups excluding tert-OH is 1. The molecule has 1 saturated heterocycles. The lowest BCUT2D eigenvalue weighted by Crippen LogP contribution is -2.32. The van der Waals surface area contributed by atoms with Gasteiger partial charge in [-0.25, -0.2) is 14.8 Å². The number of piperidine rings is 1. The van der Waals surface area contributed by atoms with Crippen molar-refractivity contribution < 1.29 is 5.11 Å². The van der Waals surface area contributed by atoms with E-state index in [4.69, 9.17) is 0 Å². The van der Waals surface area contributed by atoms with Gasteiger partial charge in [-0.05, 0) is 85.5 Å². The highest BCUT2D eigenvalue weighted by Crippen LogP contribution is 2.38. The van der Waals surface area contributed by atoms with E-state index < -0.39 is 0 Å². The molecule has 1 aliphatic carbocycles. The number of nitrogens with one attached hydrogen (secondary N) is 2. The van der Waals surface area contributed by atoms with E-state index in [1.165, 1.54) is 16.5 Å². The van der Waals surface area contributed by atoms with Crippen LogP contribution in [0.4, 0.5) is 0 Å². The molecule has 1 atom stereocenters. The number of H-pyrrole nitrogens is 2. The Bertz CT molecular complexity index is 1530. The number of aromatic nitrogens is 3. The van der Waals surface area contributed by atoms with Gasteiger partial charge in [0.25, 0.3) is 0 Å². The summed E-state index contributed by atoms with van der Waals surface area (Å²) in [5.41, 5.74) is 8.64. The van der Waals surface area contributed by atoms with E-state index in [-0.39, 0.29) is 18.3 Å². The summed E-state index contributed by atoms with van der Waals surface area (Å²) < 4.78 is 0. The molecule has 39 heavy (non-hydrogen) atoms. The molecular formula is C31H36N6O2. The average Bonchev–Trinajstić information content (AvgIpc) is 3.55. The van der Waals surface area contributed by atoms with Crippen LogP contribution >= 0.6 is 0 Å². The molecule has 8 nitrogen and oxygen atoms in total. The fourth-order valence-electron chi connectivity index (χ4n) is 6.31. The lowest BCUT2D eigenvalue weighted by atomic mass is 9.87. The number of likely N-dealkylation sites (tertiary alicyclic amines) is 1. The highest BCUT2D eigenvalue weighted by Gasteiger charge is 2.26. The number of aliphatic hydroxyl groups is 1. The molecule has 4 heterocycles. The molecule has 6 rings (SSSR count). The molecule has 8 heteroatoms. The summed E-state index contributed by atoms with van der Waals surface area (Å²) in [5.74, 6) is 0.866. The summed E-state index contributed by atoms with van der Waals surface area (Å²) in [6, 6.07) is 6.98. The molecule has 1 unspecified atom stereocenters. The predicted molar refractivity (Wildman–Crippen MR) is 157 cm³/mol. The Morgan fingerprint density at radius 1 is 1.18 bits per heavy atom. The number of hydrogen-bond acceptors (Lipinski definition) is 6. The zero-order chi connectivity index (χ0) is 26.9. The molecular weight excluding hydrogens is 488 g/mol. The number of hydrogen-bond donors (Lipinski definition) is 3. The van der Waals surface area contributed by atoms with Crippen LogP contribution in [0.3, 0.4) is 0 Å². The van der Waals surface area contributed by atoms with E-state index in [2.05, 4.69) is 74.0 Å². The lowest BCUT2D eigenvalue weighted by molar-refractivity contribution is 0.204. The van der Waals surface area contributed by atoms with Gasteiger partial charge in [-0.2, -0.15) is 0 Å². The number of allylic oxidation sites excluding steroid dienone is 3. The molecule has 3 N–H and O–H groups in total. The Hall–Kier alpha value is -3.62. The molecule has 0 radical (unpaired) electrons. The first-order chi connectivity index (χ1) is 19.0. The van der Waals surface area contributed by atoms with E-state index >= 15 is 0 Å². The maximum Gasteiger partial charge on any atom is 0.344 e. The van der Waals surface area contributed by atoms with E-state index in [0.29, 0.717) is 11.8 Å². The van der Waals surface area contributed by atoms with Crippen molar-refractivity contribution in [2.75, 3.05) is 19.7 Å². The minimum absolute atomic E-state index is 0.0468. The van der Waals surface area contributed by atoms with Crippen LogP contribution in [-0.4, -0.2) is 62.7 Å². The summed E-state index contributed by atoms with van der Waals surface area (Å²) in [5, 5.41) is 11.5. The first-order valence-electron chi connectivity index (χ1n) is 14.0. The van der Waals surface area contributed by atoms with Crippen molar-refractivity contribution in [2.24, 2.45) is 9.98 Å². The number of fused-ring (bicyclic) bond motifs is 2. The van der Waals surface area contributed by atoms with Gasteiger partial charge in [0.15, 0.2) is 0 Å². The normalized spacial score (nSPS) is 23.2. The van der Waals surface area contributed by atoms with Crippen molar-refractivity contribution in [3.8, 4) is 0 Å². The molecule has 3 aliphatic rings. The quantitative estimate of drug-likeness (QED) is 0.434. The van der Waals surface area contributed by atoms with Crippen molar-refractivity contribution in [3.63, 3.8) is 0 Å². The Morgan fingerprint density at radius 2 is 2.03 bits per heavy atom. The molecule has 2 aliphatic heterocycles. The van der Waals surface area contributed by atoms with Crippen LogP contribution in [0.5, 0.6) is 0 Å². The second-order valence-corrected chi connectivity index (χ2v) is 11.2. The molecule has 0 amide bonds. The van der Waals surface area contributed by atoms with Crippen LogP contribution < -0.4 is 5.69 Å². The SMILES string of the molecule is CC(C)c1c(C2=C/CCC3N=CN=C3/C(CO)=C\2)[nH]c2ccc(C3CCN(Cc4cnc(=O)[nH]c4)CC3)cc12. The maximum atomic E-state index is 11.3. The summed E-state index contributed by atoms with van der Waals surface area (Å²) in [6.07, 6.45) is 13.5. The minimum atomic E-state index is -0.302. The largest absolute Gasteiger partial charge is 0.392 e. The third-order valence-corrected chi connectivity index (χ3v) is 8.32. The Balaban J connectivity index is 1.26. The smallest absolute Gasteiger partial charge is 0.344 e. The zero-order valence-electron chi connectivity index (χ0n) is 22.7. The fraction of sp³-hybridized carbons (Fsp3) is 0.419. The van der Waals surface area contributed by atoms with Gasteiger partial charge in [-0.3, -0.25) is 9.89 Å². The molecule has 0 bridgehead atoms. The van der Waals surface area contributed by atoms with Gasteiger partial charge in [0.1, 0.15) is 6.34 Å². The van der Waals surface area contributed by atoms with Crippen molar-refractivity contribution >= 4 is 28.5 Å². The summed E-state index contributed by atoms with van der Waals surface area (Å²) >= 11 is 0. The van der Waals surface area contributed by atoms with Crippen LogP contribution in [0.25, 0.3) is 16.5 Å².